The molecule has 16 rings (SSSR count). The molecule has 0 fully saturated rings. The highest BCUT2D eigenvalue weighted by Crippen LogP contribution is 2.54. The standard InChI is InChI=1S/C72H55N5O2/c1-44-19-13-16-28-61(44)76-62-29-17-14-26-52(62)54-40-57-55-37-47(32-35-65(55)78-67(57)42-64(54)76)48-31-34-51(60(39-48)72(3)74-69(45-20-7-4-8-21-45)73-70(75-72)46-22-9-5-10-23-46)49-33-36-66-56(38-49)58-41-59-53-27-15-18-30-63(53)77(50-24-11-6-12-25-50)71(59,2)43-68(58)79-66/h4-44,59,61,69,74H,1-3H3,(H,73,75). The predicted molar refractivity (Wildman–Crippen MR) is 324 cm³/mol. The molecule has 12 aromatic rings. The molecule has 2 N–H and O–H groups in total. The number of para-hydroxylation sites is 3. The first-order valence-corrected chi connectivity index (χ1v) is 27.6. The summed E-state index contributed by atoms with van der Waals surface area (Å²) in [6.07, 6.45) is 13.4. The van der Waals surface area contributed by atoms with E-state index in [1.807, 2.05) is 0 Å². The first-order valence-electron chi connectivity index (χ1n) is 27.6. The predicted octanol–water partition coefficient (Wildman–Crippen LogP) is 15.9. The Hall–Kier alpha value is -9.43. The van der Waals surface area contributed by atoms with Gasteiger partial charge in [-0.05, 0) is 120 Å². The number of aliphatic imine (C=N–C) groups is 1. The summed E-state index contributed by atoms with van der Waals surface area (Å²) in [5.74, 6) is 1.28. The van der Waals surface area contributed by atoms with Gasteiger partial charge in [0.25, 0.3) is 0 Å². The molecule has 4 aliphatic rings. The number of furan rings is 2. The molecular weight excluding hydrogens is 967 g/mol. The average molecular weight is 1020 g/mol. The minimum Gasteiger partial charge on any atom is -0.456 e. The van der Waals surface area contributed by atoms with Crippen molar-refractivity contribution in [2.75, 3.05) is 4.90 Å². The van der Waals surface area contributed by atoms with Gasteiger partial charge < -0.3 is 23.6 Å². The molecule has 0 saturated heterocycles. The second-order valence-electron chi connectivity index (χ2n) is 22.3. The smallest absolute Gasteiger partial charge is 0.137 e. The van der Waals surface area contributed by atoms with Crippen molar-refractivity contribution < 1.29 is 8.83 Å². The van der Waals surface area contributed by atoms with Crippen LogP contribution in [0.3, 0.4) is 0 Å². The highest BCUT2D eigenvalue weighted by molar-refractivity contribution is 6.17. The van der Waals surface area contributed by atoms with Crippen molar-refractivity contribution in [2.45, 2.75) is 50.1 Å². The van der Waals surface area contributed by atoms with E-state index >= 15 is 0 Å². The maximum absolute atomic E-state index is 6.88. The van der Waals surface area contributed by atoms with Crippen LogP contribution < -0.4 is 26.2 Å². The molecule has 380 valence electrons. The SMILES string of the molecule is CC1C=CC=CC1n1c2ccccc2c2cc3c(cc21)oc1ccc(-c2ccc(-c4ccc5oc6c(c5c4)=CC4c5ccccc5N(c5ccccc5)C4(C)C=6)c(C4(C)NC(c5ccccc5)=NC(c5ccccc5)N4)c2)cc13. The normalized spacial score (nSPS) is 22.2. The molecule has 0 saturated carbocycles. The molecule has 2 aliphatic heterocycles. The summed E-state index contributed by atoms with van der Waals surface area (Å²) < 4.78 is 16.2. The Morgan fingerprint density at radius 1 is 0.544 bits per heavy atom. The van der Waals surface area contributed by atoms with Crippen LogP contribution in [0.25, 0.3) is 89.1 Å². The van der Waals surface area contributed by atoms with Crippen molar-refractivity contribution in [3.05, 3.63) is 263 Å². The largest absolute Gasteiger partial charge is 0.456 e. The van der Waals surface area contributed by atoms with Gasteiger partial charge in [0, 0.05) is 72.2 Å². The Morgan fingerprint density at radius 2 is 1.23 bits per heavy atom. The number of rotatable bonds is 7. The molecule has 0 amide bonds. The minimum absolute atomic E-state index is 0.104. The lowest BCUT2D eigenvalue weighted by Gasteiger charge is -2.42. The molecule has 0 radical (unpaired) electrons. The lowest BCUT2D eigenvalue weighted by molar-refractivity contribution is 0.278. The molecule has 7 heteroatoms. The lowest BCUT2D eigenvalue weighted by atomic mass is 9.80. The van der Waals surface area contributed by atoms with Gasteiger partial charge in [0.05, 0.1) is 17.1 Å². The highest BCUT2D eigenvalue weighted by Gasteiger charge is 2.48. The molecule has 0 spiro atoms. The number of nitrogens with zero attached hydrogens (tertiary/aromatic N) is 3. The zero-order chi connectivity index (χ0) is 52.6. The number of nitrogens with one attached hydrogen (secondary N) is 2. The number of anilines is 2. The lowest BCUT2D eigenvalue weighted by Crippen LogP contribution is -2.58. The zero-order valence-corrected chi connectivity index (χ0v) is 44.1. The molecular formula is C72H55N5O2. The molecule has 5 heterocycles. The van der Waals surface area contributed by atoms with Crippen LogP contribution in [0.1, 0.15) is 61.2 Å². The van der Waals surface area contributed by atoms with Gasteiger partial charge in [-0.25, -0.2) is 4.99 Å². The van der Waals surface area contributed by atoms with Crippen LogP contribution in [0.4, 0.5) is 11.4 Å². The molecule has 9 aromatic carbocycles. The Morgan fingerprint density at radius 3 is 2.06 bits per heavy atom. The van der Waals surface area contributed by atoms with E-state index in [1.165, 1.54) is 33.1 Å². The van der Waals surface area contributed by atoms with Crippen molar-refractivity contribution >= 4 is 84.1 Å². The third kappa shape index (κ3) is 7.05. The van der Waals surface area contributed by atoms with Crippen LogP contribution in [0.15, 0.2) is 244 Å². The molecule has 3 aromatic heterocycles. The first-order chi connectivity index (χ1) is 38.8. The fourth-order valence-corrected chi connectivity index (χ4v) is 13.7. The fraction of sp³-hybridized carbons (Fsp3) is 0.125. The summed E-state index contributed by atoms with van der Waals surface area (Å²) in [4.78, 5) is 7.85. The topological polar surface area (TPSA) is 70.9 Å². The van der Waals surface area contributed by atoms with Crippen molar-refractivity contribution in [2.24, 2.45) is 10.9 Å². The van der Waals surface area contributed by atoms with E-state index in [9.17, 15) is 0 Å². The van der Waals surface area contributed by atoms with Crippen molar-refractivity contribution in [3.8, 4) is 22.3 Å². The number of fused-ring (bicyclic) bond motifs is 12. The Bertz CT molecular complexity index is 4700. The van der Waals surface area contributed by atoms with E-state index < -0.39 is 5.66 Å². The second kappa shape index (κ2) is 17.3. The van der Waals surface area contributed by atoms with Crippen LogP contribution >= 0.6 is 0 Å². The summed E-state index contributed by atoms with van der Waals surface area (Å²) in [5, 5.41) is 14.9. The number of benzene rings is 9. The summed E-state index contributed by atoms with van der Waals surface area (Å²) in [5.41, 5.74) is 16.0. The van der Waals surface area contributed by atoms with Gasteiger partial charge in [0.1, 0.15) is 39.8 Å². The van der Waals surface area contributed by atoms with Gasteiger partial charge in [0.2, 0.25) is 0 Å². The fourth-order valence-electron chi connectivity index (χ4n) is 13.7. The molecule has 6 unspecified atom stereocenters. The highest BCUT2D eigenvalue weighted by atomic mass is 16.3. The molecule has 2 aliphatic carbocycles. The van der Waals surface area contributed by atoms with Crippen molar-refractivity contribution in [1.82, 2.24) is 15.2 Å². The second-order valence-corrected chi connectivity index (χ2v) is 22.3. The number of hydrogen-bond acceptors (Lipinski definition) is 6. The van der Waals surface area contributed by atoms with E-state index in [2.05, 4.69) is 284 Å². The van der Waals surface area contributed by atoms with Crippen LogP contribution in [0, 0.1) is 5.92 Å². The van der Waals surface area contributed by atoms with Crippen molar-refractivity contribution in [1.29, 1.82) is 0 Å². The average Bonchev–Trinajstić information content (AvgIpc) is 4.18. The summed E-state index contributed by atoms with van der Waals surface area (Å²) >= 11 is 0. The van der Waals surface area contributed by atoms with E-state index in [4.69, 9.17) is 13.8 Å². The monoisotopic (exact) mass is 1020 g/mol. The van der Waals surface area contributed by atoms with Gasteiger partial charge in [0.15, 0.2) is 0 Å². The van der Waals surface area contributed by atoms with Crippen LogP contribution in [-0.2, 0) is 5.66 Å². The first kappa shape index (κ1) is 45.7. The minimum atomic E-state index is -0.813. The van der Waals surface area contributed by atoms with E-state index in [0.29, 0.717) is 5.92 Å². The van der Waals surface area contributed by atoms with Crippen LogP contribution in [-0.4, -0.2) is 15.9 Å². The summed E-state index contributed by atoms with van der Waals surface area (Å²) in [6.45, 7) is 6.90. The maximum Gasteiger partial charge on any atom is 0.137 e. The number of hydrogen-bond donors (Lipinski definition) is 2. The van der Waals surface area contributed by atoms with E-state index in [1.54, 1.807) is 0 Å². The molecule has 6 atom stereocenters. The Balaban J connectivity index is 0.870. The van der Waals surface area contributed by atoms with Crippen molar-refractivity contribution in [3.63, 3.8) is 0 Å². The molecule has 79 heavy (non-hydrogen) atoms. The van der Waals surface area contributed by atoms with E-state index in [0.717, 1.165) is 94.0 Å². The summed E-state index contributed by atoms with van der Waals surface area (Å²) in [7, 11) is 0. The number of amidine groups is 1. The number of aromatic nitrogens is 1. The van der Waals surface area contributed by atoms with Gasteiger partial charge in [-0.1, -0.05) is 177 Å². The maximum atomic E-state index is 6.88. The third-order valence-electron chi connectivity index (χ3n) is 17.5. The summed E-state index contributed by atoms with van der Waals surface area (Å²) in [6, 6.07) is 74.6. The van der Waals surface area contributed by atoms with Crippen LogP contribution in [0.5, 0.6) is 0 Å². The van der Waals surface area contributed by atoms with Crippen LogP contribution in [0.2, 0.25) is 0 Å². The third-order valence-corrected chi connectivity index (χ3v) is 17.5. The molecule has 7 nitrogen and oxygen atoms in total. The quantitative estimate of drug-likeness (QED) is 0.166. The number of allylic oxidation sites excluding steroid dienone is 4. The van der Waals surface area contributed by atoms with Gasteiger partial charge in [-0.2, -0.15) is 0 Å². The zero-order valence-electron chi connectivity index (χ0n) is 44.1. The van der Waals surface area contributed by atoms with Gasteiger partial charge in [-0.15, -0.1) is 0 Å². The Kier molecular flexibility index (Phi) is 10.0. The van der Waals surface area contributed by atoms with Gasteiger partial charge >= 0.3 is 0 Å². The Labute approximate surface area is 457 Å². The molecule has 0 bridgehead atoms. The van der Waals surface area contributed by atoms with Gasteiger partial charge in [-0.3, -0.25) is 5.32 Å². The van der Waals surface area contributed by atoms with E-state index in [-0.39, 0.29) is 23.7 Å².